The van der Waals surface area contributed by atoms with Gasteiger partial charge in [0.1, 0.15) is 23.1 Å². The normalized spacial score (nSPS) is 15.3. The van der Waals surface area contributed by atoms with Crippen LogP contribution >= 0.6 is 0 Å². The molecular weight excluding hydrogens is 554 g/mol. The molecule has 238 valence electrons. The lowest BCUT2D eigenvalue weighted by Gasteiger charge is -2.25. The summed E-state index contributed by atoms with van der Waals surface area (Å²) in [5.74, 6) is -1.07. The van der Waals surface area contributed by atoms with Crippen LogP contribution < -0.4 is 10.6 Å². The predicted octanol–water partition coefficient (Wildman–Crippen LogP) is 5.41. The van der Waals surface area contributed by atoms with E-state index in [1.165, 1.54) is 0 Å². The maximum atomic E-state index is 13.3. The summed E-state index contributed by atoms with van der Waals surface area (Å²) < 4.78 is 21.2. The van der Waals surface area contributed by atoms with Gasteiger partial charge in [-0.25, -0.2) is 19.4 Å². The Morgan fingerprint density at radius 2 is 1.77 bits per heavy atom. The van der Waals surface area contributed by atoms with Gasteiger partial charge in [0, 0.05) is 12.1 Å². The van der Waals surface area contributed by atoms with Crippen molar-refractivity contribution in [3.63, 3.8) is 0 Å². The van der Waals surface area contributed by atoms with Crippen molar-refractivity contribution in [2.24, 2.45) is 17.8 Å². The fourth-order valence-corrected chi connectivity index (χ4v) is 3.91. The molecule has 2 rings (SSSR count). The Labute approximate surface area is 254 Å². The van der Waals surface area contributed by atoms with Gasteiger partial charge in [-0.2, -0.15) is 0 Å². The first-order valence-electron chi connectivity index (χ1n) is 14.7. The van der Waals surface area contributed by atoms with Crippen molar-refractivity contribution in [2.75, 3.05) is 20.4 Å². The number of ether oxygens (including phenoxy) is 4. The molecule has 1 saturated carbocycles. The molecule has 11 heteroatoms. The minimum atomic E-state index is -1.02. The molecular formula is C32H47N3O8. The monoisotopic (exact) mass is 601 g/mol. The van der Waals surface area contributed by atoms with Gasteiger partial charge in [-0.3, -0.25) is 4.79 Å². The largest absolute Gasteiger partial charge is 0.497 e. The number of hydrogen-bond acceptors (Lipinski definition) is 9. The molecule has 1 aliphatic rings. The number of nitrogens with one attached hydrogen (secondary N) is 2. The quantitative estimate of drug-likeness (QED) is 0.124. The Morgan fingerprint density at radius 1 is 1.09 bits per heavy atom. The van der Waals surface area contributed by atoms with E-state index in [9.17, 15) is 19.2 Å². The van der Waals surface area contributed by atoms with E-state index < -0.39 is 42.4 Å². The van der Waals surface area contributed by atoms with Gasteiger partial charge in [0.25, 0.3) is 5.91 Å². The molecule has 43 heavy (non-hydrogen) atoms. The number of carbonyl (C=O) groups excluding carboxylic acids is 4. The van der Waals surface area contributed by atoms with Crippen LogP contribution in [0.4, 0.5) is 4.79 Å². The predicted molar refractivity (Wildman–Crippen MR) is 162 cm³/mol. The van der Waals surface area contributed by atoms with Gasteiger partial charge in [-0.15, -0.1) is 0 Å². The second-order valence-corrected chi connectivity index (χ2v) is 12.1. The van der Waals surface area contributed by atoms with Crippen LogP contribution in [-0.2, 0) is 23.7 Å². The average molecular weight is 602 g/mol. The molecule has 0 saturated heterocycles. The number of pyridine rings is 1. The van der Waals surface area contributed by atoms with E-state index >= 15 is 0 Å². The smallest absolute Gasteiger partial charge is 0.408 e. The second kappa shape index (κ2) is 16.1. The van der Waals surface area contributed by atoms with E-state index in [1.54, 1.807) is 59.9 Å². The number of allylic oxidation sites excluding steroid dienone is 3. The van der Waals surface area contributed by atoms with Crippen molar-refractivity contribution < 1.29 is 38.1 Å². The van der Waals surface area contributed by atoms with Crippen LogP contribution in [-0.4, -0.2) is 61.0 Å². The van der Waals surface area contributed by atoms with E-state index in [-0.39, 0.29) is 23.2 Å². The summed E-state index contributed by atoms with van der Waals surface area (Å²) in [4.78, 5) is 55.5. The molecule has 1 aliphatic carbocycles. The van der Waals surface area contributed by atoms with Gasteiger partial charge in [0.05, 0.1) is 7.11 Å². The molecule has 1 aromatic rings. The molecule has 0 bridgehead atoms. The summed E-state index contributed by atoms with van der Waals surface area (Å²) in [7, 11) is 1.55. The number of rotatable bonds is 14. The van der Waals surface area contributed by atoms with Crippen molar-refractivity contribution in [3.05, 3.63) is 47.0 Å². The standard InChI is InChI=1S/C32H47N3O8/c1-10-20(4)26(35-31(39)43-32(6,7)8)29(37)41-18-42-30(38)27-24(21(5)16-23(40-9)15-19(2)3)13-14-25(34-27)28(36)33-17-22-11-12-22/h13-16,19-20,22,26H,10-12,17-18H2,1-9H3,(H,33,36)(H,35,39)/b21-16+,23-15-/t20-,26-/m0/s1. The summed E-state index contributed by atoms with van der Waals surface area (Å²) in [5.41, 5.74) is 0.261. The molecule has 2 amide bonds. The summed E-state index contributed by atoms with van der Waals surface area (Å²) in [6, 6.07) is 2.15. The summed E-state index contributed by atoms with van der Waals surface area (Å²) in [6.07, 6.45) is 5.64. The van der Waals surface area contributed by atoms with Crippen LogP contribution in [0.5, 0.6) is 0 Å². The molecule has 0 radical (unpaired) electrons. The molecule has 0 aliphatic heterocycles. The highest BCUT2D eigenvalue weighted by Gasteiger charge is 2.30. The molecule has 1 aromatic heterocycles. The number of alkyl carbamates (subject to hydrolysis) is 1. The van der Waals surface area contributed by atoms with Crippen molar-refractivity contribution in [1.29, 1.82) is 0 Å². The highest BCUT2D eigenvalue weighted by molar-refractivity contribution is 5.97. The molecule has 2 N–H and O–H groups in total. The van der Waals surface area contributed by atoms with Crippen molar-refractivity contribution in [1.82, 2.24) is 15.6 Å². The molecule has 1 fully saturated rings. The van der Waals surface area contributed by atoms with Crippen LogP contribution in [0.3, 0.4) is 0 Å². The minimum Gasteiger partial charge on any atom is -0.497 e. The number of carbonyl (C=O) groups is 4. The summed E-state index contributed by atoms with van der Waals surface area (Å²) in [6.45, 7) is 14.4. The van der Waals surface area contributed by atoms with Crippen LogP contribution in [0.1, 0.15) is 101 Å². The molecule has 0 spiro atoms. The number of amides is 2. The number of esters is 2. The van der Waals surface area contributed by atoms with Crippen molar-refractivity contribution in [3.8, 4) is 0 Å². The zero-order valence-electron chi connectivity index (χ0n) is 26.9. The first-order valence-corrected chi connectivity index (χ1v) is 14.7. The van der Waals surface area contributed by atoms with Gasteiger partial charge in [0.15, 0.2) is 5.69 Å². The first-order chi connectivity index (χ1) is 20.1. The zero-order valence-corrected chi connectivity index (χ0v) is 26.9. The van der Waals surface area contributed by atoms with Crippen molar-refractivity contribution >= 4 is 29.5 Å². The van der Waals surface area contributed by atoms with Crippen LogP contribution in [0.25, 0.3) is 5.57 Å². The lowest BCUT2D eigenvalue weighted by atomic mass is 9.99. The lowest BCUT2D eigenvalue weighted by Crippen LogP contribution is -2.47. The minimum absolute atomic E-state index is 0.0595. The molecule has 11 nitrogen and oxygen atoms in total. The molecule has 0 aromatic carbocycles. The third kappa shape index (κ3) is 12.1. The highest BCUT2D eigenvalue weighted by Crippen LogP contribution is 2.28. The molecule has 0 unspecified atom stereocenters. The summed E-state index contributed by atoms with van der Waals surface area (Å²) >= 11 is 0. The zero-order chi connectivity index (χ0) is 32.3. The fraction of sp³-hybridized carbons (Fsp3) is 0.594. The van der Waals surface area contributed by atoms with Crippen LogP contribution in [0.2, 0.25) is 0 Å². The number of aromatic nitrogens is 1. The topological polar surface area (TPSA) is 142 Å². The number of hydrogen-bond donors (Lipinski definition) is 2. The summed E-state index contributed by atoms with van der Waals surface area (Å²) in [5, 5.41) is 5.38. The van der Waals surface area contributed by atoms with Gasteiger partial charge in [-0.05, 0) is 88.1 Å². The second-order valence-electron chi connectivity index (χ2n) is 12.1. The fourth-order valence-electron chi connectivity index (χ4n) is 3.91. The van der Waals surface area contributed by atoms with E-state index in [0.717, 1.165) is 12.8 Å². The van der Waals surface area contributed by atoms with Gasteiger partial charge in [-0.1, -0.05) is 34.1 Å². The molecule has 2 atom stereocenters. The Morgan fingerprint density at radius 3 is 2.33 bits per heavy atom. The number of methoxy groups -OCH3 is 1. The van der Waals surface area contributed by atoms with E-state index in [0.29, 0.717) is 35.8 Å². The maximum Gasteiger partial charge on any atom is 0.408 e. The van der Waals surface area contributed by atoms with Gasteiger partial charge < -0.3 is 29.6 Å². The highest BCUT2D eigenvalue weighted by atomic mass is 16.7. The maximum absolute atomic E-state index is 13.3. The van der Waals surface area contributed by atoms with Gasteiger partial charge in [0.2, 0.25) is 6.79 Å². The Kier molecular flexibility index (Phi) is 13.2. The Hall–Kier alpha value is -3.89. The number of nitrogens with zero attached hydrogens (tertiary/aromatic N) is 1. The van der Waals surface area contributed by atoms with E-state index in [1.807, 2.05) is 26.8 Å². The third-order valence-electron chi connectivity index (χ3n) is 6.62. The third-order valence-corrected chi connectivity index (χ3v) is 6.62. The van der Waals surface area contributed by atoms with Crippen LogP contribution in [0, 0.1) is 17.8 Å². The van der Waals surface area contributed by atoms with Crippen molar-refractivity contribution in [2.45, 2.75) is 86.3 Å². The SMILES string of the molecule is CC[C@H](C)[C@H](NC(=O)OC(C)(C)C)C(=O)OCOC(=O)c1nc(C(=O)NCC2CC2)ccc1/C(C)=C/C(=C/C(C)C)OC. The van der Waals surface area contributed by atoms with Gasteiger partial charge >= 0.3 is 18.0 Å². The van der Waals surface area contributed by atoms with E-state index in [2.05, 4.69) is 15.6 Å². The Bertz CT molecular complexity index is 1210. The van der Waals surface area contributed by atoms with E-state index in [4.69, 9.17) is 18.9 Å². The average Bonchev–Trinajstić information content (AvgIpc) is 3.76. The Balaban J connectivity index is 2.24. The van der Waals surface area contributed by atoms with Crippen LogP contribution in [0.15, 0.2) is 30.0 Å². The first kappa shape index (κ1) is 35.3. The lowest BCUT2D eigenvalue weighted by molar-refractivity contribution is -0.156. The molecule has 1 heterocycles.